The minimum atomic E-state index is -0.102. The molecule has 1 aromatic rings. The Labute approximate surface area is 130 Å². The van der Waals surface area contributed by atoms with E-state index >= 15 is 0 Å². The predicted octanol–water partition coefficient (Wildman–Crippen LogP) is 5.20. The molecule has 0 aliphatic carbocycles. The van der Waals surface area contributed by atoms with Gasteiger partial charge in [0.05, 0.1) is 5.54 Å². The summed E-state index contributed by atoms with van der Waals surface area (Å²) in [4.78, 5) is 4.60. The molecule has 0 unspecified atom stereocenters. The van der Waals surface area contributed by atoms with Crippen LogP contribution in [0, 0.1) is 0 Å². The van der Waals surface area contributed by atoms with Crippen molar-refractivity contribution in [2.45, 2.75) is 78.7 Å². The number of phenols is 1. The molecule has 118 valence electrons. The molecule has 0 saturated heterocycles. The lowest BCUT2D eigenvalue weighted by molar-refractivity contribution is 0.423. The number of aromatic hydroxyl groups is 1. The topological polar surface area (TPSA) is 32.6 Å². The Balaban J connectivity index is 3.52. The molecule has 1 aromatic carbocycles. The van der Waals surface area contributed by atoms with Crippen LogP contribution in [0.1, 0.15) is 79.0 Å². The van der Waals surface area contributed by atoms with E-state index in [4.69, 9.17) is 0 Å². The fraction of sp³-hybridized carbons (Fsp3) is 0.632. The van der Waals surface area contributed by atoms with Crippen molar-refractivity contribution in [3.8, 4) is 5.75 Å². The first-order chi connectivity index (χ1) is 9.22. The predicted molar refractivity (Wildman–Crippen MR) is 92.9 cm³/mol. The maximum atomic E-state index is 10.7. The van der Waals surface area contributed by atoms with Crippen molar-refractivity contribution in [3.63, 3.8) is 0 Å². The first-order valence-electron chi connectivity index (χ1n) is 7.65. The molecule has 0 aliphatic heterocycles. The van der Waals surface area contributed by atoms with Crippen LogP contribution in [-0.2, 0) is 10.8 Å². The highest BCUT2D eigenvalue weighted by Crippen LogP contribution is 2.39. The van der Waals surface area contributed by atoms with E-state index in [9.17, 15) is 5.11 Å². The molecular formula is C19H31NO. The SMILES string of the molecule is CC(C)(C)N=Cc1cc(C(C)(C)C)c(O)c(C(C)(C)C)c1. The molecule has 2 nitrogen and oxygen atoms in total. The summed E-state index contributed by atoms with van der Waals surface area (Å²) >= 11 is 0. The van der Waals surface area contributed by atoms with Crippen LogP contribution in [0.3, 0.4) is 0 Å². The summed E-state index contributed by atoms with van der Waals surface area (Å²) < 4.78 is 0. The minimum Gasteiger partial charge on any atom is -0.507 e. The van der Waals surface area contributed by atoms with Gasteiger partial charge in [0.1, 0.15) is 5.75 Å². The van der Waals surface area contributed by atoms with Crippen LogP contribution in [0.4, 0.5) is 0 Å². The molecule has 0 amide bonds. The lowest BCUT2D eigenvalue weighted by atomic mass is 9.78. The minimum absolute atomic E-state index is 0.0956. The van der Waals surface area contributed by atoms with Crippen LogP contribution >= 0.6 is 0 Å². The molecule has 0 fully saturated rings. The van der Waals surface area contributed by atoms with E-state index in [1.165, 1.54) is 0 Å². The van der Waals surface area contributed by atoms with Gasteiger partial charge in [0.25, 0.3) is 0 Å². The van der Waals surface area contributed by atoms with Gasteiger partial charge in [-0.05, 0) is 49.3 Å². The van der Waals surface area contributed by atoms with Gasteiger partial charge < -0.3 is 5.11 Å². The van der Waals surface area contributed by atoms with Crippen molar-refractivity contribution in [2.24, 2.45) is 4.99 Å². The van der Waals surface area contributed by atoms with Crippen molar-refractivity contribution < 1.29 is 5.11 Å². The van der Waals surface area contributed by atoms with Crippen LogP contribution in [-0.4, -0.2) is 16.9 Å². The van der Waals surface area contributed by atoms with Crippen molar-refractivity contribution >= 4 is 6.21 Å². The number of aliphatic imine (C=N–C) groups is 1. The van der Waals surface area contributed by atoms with Crippen LogP contribution in [0.25, 0.3) is 0 Å². The summed E-state index contributed by atoms with van der Waals surface area (Å²) in [6.07, 6.45) is 1.92. The molecular weight excluding hydrogens is 258 g/mol. The van der Waals surface area contributed by atoms with Gasteiger partial charge in [0, 0.05) is 17.3 Å². The summed E-state index contributed by atoms with van der Waals surface area (Å²) in [6.45, 7) is 19.0. The van der Waals surface area contributed by atoms with Crippen LogP contribution < -0.4 is 0 Å². The molecule has 0 spiro atoms. The fourth-order valence-corrected chi connectivity index (χ4v) is 2.14. The number of hydrogen-bond donors (Lipinski definition) is 1. The Morgan fingerprint density at radius 2 is 1.19 bits per heavy atom. The molecule has 0 bridgehead atoms. The van der Waals surface area contributed by atoms with Crippen molar-refractivity contribution in [1.29, 1.82) is 0 Å². The van der Waals surface area contributed by atoms with Crippen molar-refractivity contribution in [1.82, 2.24) is 0 Å². The largest absolute Gasteiger partial charge is 0.507 e. The van der Waals surface area contributed by atoms with E-state index in [2.05, 4.69) is 79.4 Å². The third-order valence-corrected chi connectivity index (χ3v) is 3.35. The first-order valence-corrected chi connectivity index (χ1v) is 7.65. The normalized spacial score (nSPS) is 14.0. The lowest BCUT2D eigenvalue weighted by Gasteiger charge is -2.28. The lowest BCUT2D eigenvalue weighted by Crippen LogP contribution is -2.18. The second-order valence-electron chi connectivity index (χ2n) is 8.89. The first kappa shape index (κ1) is 17.7. The molecule has 0 aromatic heterocycles. The van der Waals surface area contributed by atoms with E-state index in [1.807, 2.05) is 6.21 Å². The Morgan fingerprint density at radius 1 is 0.810 bits per heavy atom. The van der Waals surface area contributed by atoms with Crippen LogP contribution in [0.5, 0.6) is 5.75 Å². The molecule has 1 N–H and O–H groups in total. The average Bonchev–Trinajstić information content (AvgIpc) is 2.23. The molecule has 0 aliphatic rings. The summed E-state index contributed by atoms with van der Waals surface area (Å²) in [5, 5.41) is 10.7. The quantitative estimate of drug-likeness (QED) is 0.708. The van der Waals surface area contributed by atoms with Gasteiger partial charge >= 0.3 is 0 Å². The number of phenolic OH excluding ortho intramolecular Hbond substituents is 1. The molecule has 2 heteroatoms. The van der Waals surface area contributed by atoms with Gasteiger partial charge in [-0.15, -0.1) is 0 Å². The van der Waals surface area contributed by atoms with E-state index < -0.39 is 0 Å². The van der Waals surface area contributed by atoms with E-state index in [-0.39, 0.29) is 16.4 Å². The summed E-state index contributed by atoms with van der Waals surface area (Å²) in [6, 6.07) is 4.11. The van der Waals surface area contributed by atoms with Crippen molar-refractivity contribution in [2.75, 3.05) is 0 Å². The number of benzene rings is 1. The van der Waals surface area contributed by atoms with E-state index in [1.54, 1.807) is 0 Å². The molecule has 21 heavy (non-hydrogen) atoms. The van der Waals surface area contributed by atoms with Gasteiger partial charge in [-0.2, -0.15) is 0 Å². The maximum Gasteiger partial charge on any atom is 0.123 e. The molecule has 0 saturated carbocycles. The second kappa shape index (κ2) is 5.47. The highest BCUT2D eigenvalue weighted by molar-refractivity contribution is 5.81. The fourth-order valence-electron chi connectivity index (χ4n) is 2.14. The van der Waals surface area contributed by atoms with Gasteiger partial charge in [-0.1, -0.05) is 41.5 Å². The van der Waals surface area contributed by atoms with Crippen LogP contribution in [0.2, 0.25) is 0 Å². The summed E-state index contributed by atoms with van der Waals surface area (Å²) in [5.74, 6) is 0.419. The van der Waals surface area contributed by atoms with Crippen LogP contribution in [0.15, 0.2) is 17.1 Å². The van der Waals surface area contributed by atoms with E-state index in [0.29, 0.717) is 5.75 Å². The van der Waals surface area contributed by atoms with Gasteiger partial charge in [0.2, 0.25) is 0 Å². The average molecular weight is 289 g/mol. The standard InChI is InChI=1S/C19H31NO/c1-17(2,3)14-10-13(12-20-19(7,8)9)11-15(16(14)21)18(4,5)6/h10-12,21H,1-9H3. The monoisotopic (exact) mass is 289 g/mol. The highest BCUT2D eigenvalue weighted by atomic mass is 16.3. The van der Waals surface area contributed by atoms with E-state index in [0.717, 1.165) is 16.7 Å². The zero-order valence-corrected chi connectivity index (χ0v) is 15.1. The van der Waals surface area contributed by atoms with Gasteiger partial charge in [0.15, 0.2) is 0 Å². The summed E-state index contributed by atoms with van der Waals surface area (Å²) in [5.41, 5.74) is 2.71. The molecule has 0 atom stereocenters. The third kappa shape index (κ3) is 4.87. The molecule has 0 radical (unpaired) electrons. The Morgan fingerprint density at radius 3 is 1.48 bits per heavy atom. The number of hydrogen-bond acceptors (Lipinski definition) is 2. The van der Waals surface area contributed by atoms with Gasteiger partial charge in [-0.3, -0.25) is 4.99 Å². The number of rotatable bonds is 1. The number of nitrogens with zero attached hydrogens (tertiary/aromatic N) is 1. The smallest absolute Gasteiger partial charge is 0.123 e. The maximum absolute atomic E-state index is 10.7. The second-order valence-corrected chi connectivity index (χ2v) is 8.89. The zero-order valence-electron chi connectivity index (χ0n) is 15.1. The Hall–Kier alpha value is -1.31. The highest BCUT2D eigenvalue weighted by Gasteiger charge is 2.26. The zero-order chi connectivity index (χ0) is 16.6. The summed E-state index contributed by atoms with van der Waals surface area (Å²) in [7, 11) is 0. The third-order valence-electron chi connectivity index (χ3n) is 3.35. The molecule has 0 heterocycles. The van der Waals surface area contributed by atoms with Crippen molar-refractivity contribution in [3.05, 3.63) is 28.8 Å². The molecule has 1 rings (SSSR count). The Kier molecular flexibility index (Phi) is 4.62. The Bertz CT molecular complexity index is 499. The van der Waals surface area contributed by atoms with Gasteiger partial charge in [-0.25, -0.2) is 0 Å².